The number of hydrogen-bond donors (Lipinski definition) is 1. The second kappa shape index (κ2) is 9.30. The van der Waals surface area contributed by atoms with Crippen LogP contribution in [0.25, 0.3) is 28.6 Å². The molecule has 1 saturated heterocycles. The lowest BCUT2D eigenvalue weighted by Crippen LogP contribution is -2.41. The Kier molecular flexibility index (Phi) is 6.24. The van der Waals surface area contributed by atoms with Gasteiger partial charge in [-0.15, -0.1) is 10.2 Å². The molecule has 1 N–H and O–H groups in total. The van der Waals surface area contributed by atoms with Crippen molar-refractivity contribution in [3.05, 3.63) is 58.1 Å². The van der Waals surface area contributed by atoms with Crippen molar-refractivity contribution < 1.29 is 27.1 Å². The smallest absolute Gasteiger partial charge is 0.416 e. The summed E-state index contributed by atoms with van der Waals surface area (Å²) in [5.41, 5.74) is -0.355. The Hall–Kier alpha value is -4.16. The van der Waals surface area contributed by atoms with E-state index in [2.05, 4.69) is 20.3 Å². The van der Waals surface area contributed by atoms with E-state index in [9.17, 15) is 22.8 Å². The van der Waals surface area contributed by atoms with Crippen LogP contribution in [0.5, 0.6) is 0 Å². The Morgan fingerprint density at radius 1 is 1.11 bits per heavy atom. The highest BCUT2D eigenvalue weighted by Crippen LogP contribution is 2.34. The van der Waals surface area contributed by atoms with Crippen molar-refractivity contribution in [2.45, 2.75) is 51.3 Å². The van der Waals surface area contributed by atoms with Crippen LogP contribution in [-0.4, -0.2) is 54.5 Å². The number of fused-ring (bicyclic) bond motifs is 1. The fourth-order valence-corrected chi connectivity index (χ4v) is 4.42. The average molecular weight is 531 g/mol. The van der Waals surface area contributed by atoms with Gasteiger partial charge in [-0.25, -0.2) is 9.31 Å². The minimum atomic E-state index is -4.51. The summed E-state index contributed by atoms with van der Waals surface area (Å²) in [7, 11) is 0. The molecule has 10 nitrogen and oxygen atoms in total. The number of carbonyl (C=O) groups is 1. The molecule has 0 aliphatic carbocycles. The number of piperidine rings is 1. The first-order valence-electron chi connectivity index (χ1n) is 12.0. The van der Waals surface area contributed by atoms with Gasteiger partial charge in [0.15, 0.2) is 0 Å². The Labute approximate surface area is 214 Å². The summed E-state index contributed by atoms with van der Waals surface area (Å²) in [5, 5.41) is 12.3. The monoisotopic (exact) mass is 530 g/mol. The van der Waals surface area contributed by atoms with Crippen LogP contribution < -0.4 is 5.56 Å². The molecule has 0 spiro atoms. The molecule has 0 unspecified atom stereocenters. The molecule has 4 aromatic rings. The number of aromatic nitrogens is 5. The summed E-state index contributed by atoms with van der Waals surface area (Å²) >= 11 is 0. The third-order valence-corrected chi connectivity index (χ3v) is 6.19. The van der Waals surface area contributed by atoms with E-state index < -0.39 is 17.3 Å². The minimum absolute atomic E-state index is 0.0000400. The van der Waals surface area contributed by atoms with E-state index >= 15 is 0 Å². The molecule has 13 heteroatoms. The van der Waals surface area contributed by atoms with Gasteiger partial charge in [0.2, 0.25) is 5.89 Å². The highest BCUT2D eigenvalue weighted by molar-refractivity contribution is 5.72. The number of halogens is 3. The number of nitrogens with zero attached hydrogens (tertiary/aromatic N) is 5. The van der Waals surface area contributed by atoms with Crippen LogP contribution in [-0.2, 0) is 10.9 Å². The predicted octanol–water partition coefficient (Wildman–Crippen LogP) is 4.87. The Balaban J connectivity index is 1.41. The molecule has 200 valence electrons. The van der Waals surface area contributed by atoms with Gasteiger partial charge >= 0.3 is 12.3 Å². The number of likely N-dealkylation sites (tertiary alicyclic amines) is 1. The summed E-state index contributed by atoms with van der Waals surface area (Å²) < 4.78 is 52.0. The van der Waals surface area contributed by atoms with Crippen molar-refractivity contribution >= 4 is 11.7 Å². The molecular weight excluding hydrogens is 505 g/mol. The number of alkyl halides is 3. The first-order chi connectivity index (χ1) is 17.9. The van der Waals surface area contributed by atoms with E-state index in [1.807, 2.05) is 20.8 Å². The lowest BCUT2D eigenvalue weighted by molar-refractivity contribution is -0.137. The number of nitrogens with one attached hydrogen (secondary N) is 1. The van der Waals surface area contributed by atoms with Crippen LogP contribution in [0.4, 0.5) is 18.0 Å². The summed E-state index contributed by atoms with van der Waals surface area (Å²) in [6.45, 7) is 6.36. The molecule has 0 atom stereocenters. The van der Waals surface area contributed by atoms with E-state index in [0.717, 1.165) is 12.1 Å². The minimum Gasteiger partial charge on any atom is -0.444 e. The van der Waals surface area contributed by atoms with Crippen molar-refractivity contribution in [3.8, 4) is 22.9 Å². The van der Waals surface area contributed by atoms with Crippen LogP contribution in [0.1, 0.15) is 50.8 Å². The van der Waals surface area contributed by atoms with E-state index in [1.54, 1.807) is 9.42 Å². The van der Waals surface area contributed by atoms with E-state index in [0.29, 0.717) is 42.8 Å². The van der Waals surface area contributed by atoms with Gasteiger partial charge in [0.1, 0.15) is 16.8 Å². The molecule has 1 fully saturated rings. The van der Waals surface area contributed by atoms with Crippen LogP contribution in [0.15, 0.2) is 45.7 Å². The highest BCUT2D eigenvalue weighted by Gasteiger charge is 2.32. The van der Waals surface area contributed by atoms with Crippen LogP contribution in [0, 0.1) is 0 Å². The van der Waals surface area contributed by atoms with Gasteiger partial charge in [0.05, 0.1) is 17.5 Å². The number of carbonyl (C=O) groups excluding carboxylic acids is 1. The highest BCUT2D eigenvalue weighted by atomic mass is 19.4. The molecule has 4 heterocycles. The maximum absolute atomic E-state index is 13.1. The number of hydrogen-bond acceptors (Lipinski definition) is 7. The maximum atomic E-state index is 13.1. The van der Waals surface area contributed by atoms with E-state index in [-0.39, 0.29) is 34.9 Å². The number of amides is 1. The molecule has 1 aliphatic rings. The largest absolute Gasteiger partial charge is 0.444 e. The van der Waals surface area contributed by atoms with Crippen molar-refractivity contribution in [1.82, 2.24) is 29.7 Å². The molecule has 5 rings (SSSR count). The Bertz CT molecular complexity index is 1540. The molecular formula is C25H25F3N6O4. The zero-order chi connectivity index (χ0) is 27.2. The first kappa shape index (κ1) is 25.5. The van der Waals surface area contributed by atoms with Crippen molar-refractivity contribution in [2.24, 2.45) is 0 Å². The lowest BCUT2D eigenvalue weighted by atomic mass is 9.93. The molecule has 38 heavy (non-hydrogen) atoms. The van der Waals surface area contributed by atoms with Crippen molar-refractivity contribution in [2.75, 3.05) is 13.1 Å². The molecule has 1 aromatic carbocycles. The number of benzene rings is 1. The molecule has 1 aliphatic heterocycles. The average Bonchev–Trinajstić information content (AvgIpc) is 3.49. The zero-order valence-electron chi connectivity index (χ0n) is 20.9. The van der Waals surface area contributed by atoms with Gasteiger partial charge in [-0.2, -0.15) is 18.3 Å². The standard InChI is InChI=1S/C25H25F3N6O4/c1-24(2,3)38-23(36)33-9-7-14(8-10-33)18-12-19(35)30-20-17(13-29-34(18)20)22-32-31-21(37-22)15-5-4-6-16(11-15)25(26,27)28/h4-6,11-14H,7-10H2,1-3H3,(H,30,35). The molecule has 3 aromatic heterocycles. The molecule has 0 saturated carbocycles. The van der Waals surface area contributed by atoms with Gasteiger partial charge in [-0.3, -0.25) is 4.79 Å². The number of rotatable bonds is 3. The Morgan fingerprint density at radius 2 is 1.82 bits per heavy atom. The van der Waals surface area contributed by atoms with Gasteiger partial charge in [0.25, 0.3) is 11.4 Å². The molecule has 0 radical (unpaired) electrons. The third kappa shape index (κ3) is 5.13. The number of H-pyrrole nitrogens is 1. The van der Waals surface area contributed by atoms with Crippen molar-refractivity contribution in [3.63, 3.8) is 0 Å². The molecule has 1 amide bonds. The fraction of sp³-hybridized carbons (Fsp3) is 0.400. The predicted molar refractivity (Wildman–Crippen MR) is 129 cm³/mol. The van der Waals surface area contributed by atoms with E-state index in [4.69, 9.17) is 9.15 Å². The molecule has 0 bridgehead atoms. The number of aromatic amines is 1. The topological polar surface area (TPSA) is 119 Å². The summed E-state index contributed by atoms with van der Waals surface area (Å²) in [5.74, 6) is -0.145. The summed E-state index contributed by atoms with van der Waals surface area (Å²) in [6, 6.07) is 6.05. The summed E-state index contributed by atoms with van der Waals surface area (Å²) in [4.78, 5) is 29.3. The van der Waals surface area contributed by atoms with Crippen LogP contribution >= 0.6 is 0 Å². The van der Waals surface area contributed by atoms with Gasteiger partial charge in [-0.1, -0.05) is 6.07 Å². The van der Waals surface area contributed by atoms with Crippen molar-refractivity contribution in [1.29, 1.82) is 0 Å². The maximum Gasteiger partial charge on any atom is 0.416 e. The van der Waals surface area contributed by atoms with Crippen LogP contribution in [0.3, 0.4) is 0 Å². The van der Waals surface area contributed by atoms with Gasteiger partial charge in [-0.05, 0) is 51.8 Å². The number of ether oxygens (including phenoxy) is 1. The lowest BCUT2D eigenvalue weighted by Gasteiger charge is -2.33. The summed E-state index contributed by atoms with van der Waals surface area (Å²) in [6.07, 6.45) is -2.23. The second-order valence-electron chi connectivity index (χ2n) is 10.1. The van der Waals surface area contributed by atoms with Crippen LogP contribution in [0.2, 0.25) is 0 Å². The van der Waals surface area contributed by atoms with E-state index in [1.165, 1.54) is 24.4 Å². The van der Waals surface area contributed by atoms with Gasteiger partial charge < -0.3 is 19.0 Å². The normalized spacial score (nSPS) is 15.3. The van der Waals surface area contributed by atoms with Gasteiger partial charge in [0, 0.05) is 30.6 Å². The third-order valence-electron chi connectivity index (χ3n) is 6.19. The second-order valence-corrected chi connectivity index (χ2v) is 10.1. The quantitative estimate of drug-likeness (QED) is 0.401. The first-order valence-corrected chi connectivity index (χ1v) is 12.0. The SMILES string of the molecule is CC(C)(C)OC(=O)N1CCC(c2cc(=O)[nH]c3c(-c4nnc(-c5cccc(C(F)(F)F)c5)o4)cnn23)CC1. The zero-order valence-corrected chi connectivity index (χ0v) is 20.9. The fourth-order valence-electron chi connectivity index (χ4n) is 4.42. The Morgan fingerprint density at radius 3 is 2.50 bits per heavy atom.